The van der Waals surface area contributed by atoms with Gasteiger partial charge in [0.25, 0.3) is 5.69 Å². The van der Waals surface area contributed by atoms with E-state index in [1.807, 2.05) is 19.1 Å². The Hall–Kier alpha value is -2.37. The molecule has 0 saturated carbocycles. The van der Waals surface area contributed by atoms with E-state index < -0.39 is 4.92 Å². The van der Waals surface area contributed by atoms with Crippen molar-refractivity contribution >= 4 is 11.5 Å². The molecule has 0 radical (unpaired) electrons. The fraction of sp³-hybridized carbons (Fsp3) is 0.308. The third kappa shape index (κ3) is 3.80. The normalized spacial score (nSPS) is 12.1. The molecule has 0 amide bonds. The molecule has 0 aromatic carbocycles. The minimum absolute atomic E-state index is 0.0377. The van der Waals surface area contributed by atoms with Gasteiger partial charge >= 0.3 is 0 Å². The van der Waals surface area contributed by atoms with E-state index in [-0.39, 0.29) is 11.7 Å². The average molecular weight is 261 g/mol. The van der Waals surface area contributed by atoms with Crippen molar-refractivity contribution in [1.82, 2.24) is 4.98 Å². The van der Waals surface area contributed by atoms with Gasteiger partial charge in [-0.25, -0.2) is 4.98 Å². The molecule has 100 valence electrons. The van der Waals surface area contributed by atoms with Crippen molar-refractivity contribution in [3.05, 3.63) is 52.6 Å². The maximum absolute atomic E-state index is 10.7. The molecular formula is C13H15N3O3. The van der Waals surface area contributed by atoms with E-state index in [0.29, 0.717) is 5.82 Å². The molecule has 2 heterocycles. The summed E-state index contributed by atoms with van der Waals surface area (Å²) in [6.45, 7) is 2.00. The Kier molecular flexibility index (Phi) is 4.12. The minimum Gasteiger partial charge on any atom is -0.469 e. The number of nitro groups is 1. The van der Waals surface area contributed by atoms with Gasteiger partial charge in [-0.05, 0) is 25.5 Å². The van der Waals surface area contributed by atoms with Crippen LogP contribution in [-0.2, 0) is 6.42 Å². The van der Waals surface area contributed by atoms with Crippen LogP contribution in [0.5, 0.6) is 0 Å². The van der Waals surface area contributed by atoms with E-state index in [4.69, 9.17) is 4.42 Å². The number of aromatic nitrogens is 1. The van der Waals surface area contributed by atoms with Gasteiger partial charge in [-0.2, -0.15) is 0 Å². The molecule has 2 rings (SSSR count). The predicted octanol–water partition coefficient (Wildman–Crippen LogP) is 3.02. The van der Waals surface area contributed by atoms with Crippen LogP contribution in [0, 0.1) is 10.1 Å². The zero-order valence-corrected chi connectivity index (χ0v) is 10.6. The lowest BCUT2D eigenvalue weighted by Gasteiger charge is -2.13. The number of aryl methyl sites for hydroxylation is 1. The lowest BCUT2D eigenvalue weighted by molar-refractivity contribution is -0.384. The Balaban J connectivity index is 1.89. The van der Waals surface area contributed by atoms with Crippen LogP contribution in [0.15, 0.2) is 41.1 Å². The molecule has 6 heteroatoms. The SMILES string of the molecule is CC(CCc1ccco1)Nc1cc([N+](=O)[O-])ccn1. The molecule has 1 atom stereocenters. The van der Waals surface area contributed by atoms with Crippen molar-refractivity contribution in [2.75, 3.05) is 5.32 Å². The van der Waals surface area contributed by atoms with Crippen LogP contribution < -0.4 is 5.32 Å². The summed E-state index contributed by atoms with van der Waals surface area (Å²) in [5.41, 5.74) is 0.0377. The molecule has 19 heavy (non-hydrogen) atoms. The molecule has 2 aromatic rings. The number of hydrogen-bond donors (Lipinski definition) is 1. The lowest BCUT2D eigenvalue weighted by atomic mass is 10.1. The Morgan fingerprint density at radius 2 is 2.37 bits per heavy atom. The molecular weight excluding hydrogens is 246 g/mol. The van der Waals surface area contributed by atoms with E-state index in [1.54, 1.807) is 6.26 Å². The fourth-order valence-electron chi connectivity index (χ4n) is 1.75. The molecule has 0 bridgehead atoms. The fourth-order valence-corrected chi connectivity index (χ4v) is 1.75. The molecule has 0 aliphatic rings. The summed E-state index contributed by atoms with van der Waals surface area (Å²) >= 11 is 0. The highest BCUT2D eigenvalue weighted by Gasteiger charge is 2.09. The van der Waals surface area contributed by atoms with Crippen molar-refractivity contribution in [2.45, 2.75) is 25.8 Å². The molecule has 1 N–H and O–H groups in total. The summed E-state index contributed by atoms with van der Waals surface area (Å²) in [5.74, 6) is 1.45. The van der Waals surface area contributed by atoms with Gasteiger partial charge < -0.3 is 9.73 Å². The van der Waals surface area contributed by atoms with Crippen molar-refractivity contribution in [2.24, 2.45) is 0 Å². The molecule has 0 saturated heterocycles. The number of nitrogens with one attached hydrogen (secondary N) is 1. The number of pyridine rings is 1. The van der Waals surface area contributed by atoms with Crippen molar-refractivity contribution in [3.63, 3.8) is 0 Å². The molecule has 0 aliphatic heterocycles. The lowest BCUT2D eigenvalue weighted by Crippen LogP contribution is -2.16. The summed E-state index contributed by atoms with van der Waals surface area (Å²) < 4.78 is 5.25. The second kappa shape index (κ2) is 5.99. The summed E-state index contributed by atoms with van der Waals surface area (Å²) in [4.78, 5) is 14.3. The van der Waals surface area contributed by atoms with Gasteiger partial charge in [0.2, 0.25) is 0 Å². The zero-order chi connectivity index (χ0) is 13.7. The van der Waals surface area contributed by atoms with Gasteiger partial charge in [0.15, 0.2) is 0 Å². The summed E-state index contributed by atoms with van der Waals surface area (Å²) in [7, 11) is 0. The predicted molar refractivity (Wildman–Crippen MR) is 71.0 cm³/mol. The molecule has 0 fully saturated rings. The minimum atomic E-state index is -0.430. The Bertz CT molecular complexity index is 540. The van der Waals surface area contributed by atoms with Crippen LogP contribution in [0.2, 0.25) is 0 Å². The van der Waals surface area contributed by atoms with Gasteiger partial charge in [0.05, 0.1) is 17.3 Å². The second-order valence-electron chi connectivity index (χ2n) is 4.32. The van der Waals surface area contributed by atoms with Gasteiger partial charge in [0.1, 0.15) is 11.6 Å². The first-order valence-corrected chi connectivity index (χ1v) is 6.04. The third-order valence-corrected chi connectivity index (χ3v) is 2.75. The summed E-state index contributed by atoms with van der Waals surface area (Å²) in [6, 6.07) is 6.75. The smallest absolute Gasteiger partial charge is 0.274 e. The average Bonchev–Trinajstić information content (AvgIpc) is 2.90. The summed E-state index contributed by atoms with van der Waals surface area (Å²) in [6.07, 6.45) is 4.75. The van der Waals surface area contributed by atoms with Crippen LogP contribution >= 0.6 is 0 Å². The van der Waals surface area contributed by atoms with E-state index >= 15 is 0 Å². The van der Waals surface area contributed by atoms with E-state index in [1.165, 1.54) is 18.3 Å². The van der Waals surface area contributed by atoms with Gasteiger partial charge in [-0.15, -0.1) is 0 Å². The molecule has 1 unspecified atom stereocenters. The second-order valence-corrected chi connectivity index (χ2v) is 4.32. The monoisotopic (exact) mass is 261 g/mol. The molecule has 6 nitrogen and oxygen atoms in total. The van der Waals surface area contributed by atoms with Crippen LogP contribution in [-0.4, -0.2) is 15.9 Å². The number of anilines is 1. The highest BCUT2D eigenvalue weighted by atomic mass is 16.6. The van der Waals surface area contributed by atoms with Crippen molar-refractivity contribution in [3.8, 4) is 0 Å². The zero-order valence-electron chi connectivity index (χ0n) is 10.6. The number of hydrogen-bond acceptors (Lipinski definition) is 5. The largest absolute Gasteiger partial charge is 0.469 e. The number of nitrogens with zero attached hydrogens (tertiary/aromatic N) is 2. The Morgan fingerprint density at radius 1 is 1.53 bits per heavy atom. The maximum Gasteiger partial charge on any atom is 0.274 e. The first-order valence-electron chi connectivity index (χ1n) is 6.04. The molecule has 0 spiro atoms. The Labute approximate surface area is 110 Å². The van der Waals surface area contributed by atoms with Gasteiger partial charge in [0, 0.05) is 24.7 Å². The maximum atomic E-state index is 10.7. The third-order valence-electron chi connectivity index (χ3n) is 2.75. The Morgan fingerprint density at radius 3 is 3.05 bits per heavy atom. The highest BCUT2D eigenvalue weighted by Crippen LogP contribution is 2.16. The van der Waals surface area contributed by atoms with Crippen LogP contribution in [0.4, 0.5) is 11.5 Å². The highest BCUT2D eigenvalue weighted by molar-refractivity contribution is 5.44. The first-order chi connectivity index (χ1) is 9.15. The quantitative estimate of drug-likeness (QED) is 0.638. The topological polar surface area (TPSA) is 81.2 Å². The summed E-state index contributed by atoms with van der Waals surface area (Å²) in [5, 5.41) is 13.8. The van der Waals surface area contributed by atoms with E-state index in [9.17, 15) is 10.1 Å². The van der Waals surface area contributed by atoms with E-state index in [0.717, 1.165) is 18.6 Å². The first kappa shape index (κ1) is 13.1. The standard InChI is InChI=1S/C13H15N3O3/c1-10(4-5-12-3-2-8-19-12)15-13-9-11(16(17)18)6-7-14-13/h2-3,6-10H,4-5H2,1H3,(H,14,15). The van der Waals surface area contributed by atoms with Crippen LogP contribution in [0.25, 0.3) is 0 Å². The van der Waals surface area contributed by atoms with Crippen molar-refractivity contribution in [1.29, 1.82) is 0 Å². The molecule has 0 aliphatic carbocycles. The van der Waals surface area contributed by atoms with Gasteiger partial charge in [-0.3, -0.25) is 10.1 Å². The van der Waals surface area contributed by atoms with Crippen LogP contribution in [0.3, 0.4) is 0 Å². The van der Waals surface area contributed by atoms with Gasteiger partial charge in [-0.1, -0.05) is 0 Å². The van der Waals surface area contributed by atoms with Crippen LogP contribution in [0.1, 0.15) is 19.1 Å². The van der Waals surface area contributed by atoms with E-state index in [2.05, 4.69) is 10.3 Å². The number of rotatable bonds is 6. The number of furan rings is 1. The van der Waals surface area contributed by atoms with Crippen molar-refractivity contribution < 1.29 is 9.34 Å². The molecule has 2 aromatic heterocycles.